The molecule has 4 rings (SSSR count). The third kappa shape index (κ3) is 5.84. The number of amides is 2. The van der Waals surface area contributed by atoms with E-state index in [9.17, 15) is 9.59 Å². The second-order valence-electron chi connectivity index (χ2n) is 7.97. The lowest BCUT2D eigenvalue weighted by molar-refractivity contribution is -0.117. The number of benzene rings is 3. The summed E-state index contributed by atoms with van der Waals surface area (Å²) in [5, 5.41) is 18.0. The molecule has 0 atom stereocenters. The van der Waals surface area contributed by atoms with Gasteiger partial charge in [0.05, 0.1) is 27.0 Å². The van der Waals surface area contributed by atoms with Crippen LogP contribution >= 0.6 is 0 Å². The van der Waals surface area contributed by atoms with Gasteiger partial charge in [0.25, 0.3) is 5.91 Å². The first-order chi connectivity index (χ1) is 17.9. The molecule has 0 saturated carbocycles. The summed E-state index contributed by atoms with van der Waals surface area (Å²) in [4.78, 5) is 26.7. The minimum atomic E-state index is -0.406. The second-order valence-corrected chi connectivity index (χ2v) is 7.97. The molecule has 0 aliphatic carbocycles. The highest BCUT2D eigenvalue weighted by Gasteiger charge is 2.19. The average molecular weight is 503 g/mol. The van der Waals surface area contributed by atoms with Crippen LogP contribution in [0.15, 0.2) is 60.7 Å². The molecule has 0 radical (unpaired) electrons. The fourth-order valence-electron chi connectivity index (χ4n) is 3.58. The van der Waals surface area contributed by atoms with E-state index in [0.717, 1.165) is 5.56 Å². The van der Waals surface area contributed by atoms with Crippen LogP contribution in [-0.4, -0.2) is 53.4 Å². The zero-order valence-electron chi connectivity index (χ0n) is 20.8. The molecule has 4 aromatic rings. The zero-order chi connectivity index (χ0) is 26.4. The van der Waals surface area contributed by atoms with Crippen LogP contribution in [-0.2, 0) is 11.3 Å². The lowest BCUT2D eigenvalue weighted by Crippen LogP contribution is -2.20. The quantitative estimate of drug-likeness (QED) is 0.355. The number of carbonyl (C=O) groups is 2. The van der Waals surface area contributed by atoms with E-state index in [1.807, 2.05) is 31.2 Å². The van der Waals surface area contributed by atoms with Crippen molar-refractivity contribution < 1.29 is 23.8 Å². The molecule has 0 aliphatic heterocycles. The van der Waals surface area contributed by atoms with Crippen molar-refractivity contribution in [2.45, 2.75) is 13.5 Å². The second kappa shape index (κ2) is 11.2. The molecule has 1 heterocycles. The van der Waals surface area contributed by atoms with E-state index in [1.54, 1.807) is 36.4 Å². The fraction of sp³-hybridized carbons (Fsp3) is 0.192. The molecule has 0 spiro atoms. The van der Waals surface area contributed by atoms with E-state index in [2.05, 4.69) is 26.0 Å². The van der Waals surface area contributed by atoms with Gasteiger partial charge >= 0.3 is 0 Å². The molecule has 0 aliphatic rings. The van der Waals surface area contributed by atoms with Crippen molar-refractivity contribution in [2.24, 2.45) is 0 Å². The zero-order valence-corrected chi connectivity index (χ0v) is 20.8. The van der Waals surface area contributed by atoms with Gasteiger partial charge in [-0.15, -0.1) is 10.2 Å². The predicted octanol–water partition coefficient (Wildman–Crippen LogP) is 3.57. The number of hydrogen-bond donors (Lipinski definition) is 2. The Balaban J connectivity index is 1.51. The lowest BCUT2D eigenvalue weighted by Gasteiger charge is -2.14. The summed E-state index contributed by atoms with van der Waals surface area (Å²) in [7, 11) is 4.44. The molecule has 0 bridgehead atoms. The topological polar surface area (TPSA) is 129 Å². The number of para-hydroxylation sites is 1. The SMILES string of the molecule is COc1cc(C(=O)Nc2ccccc2-c2nnn(CC(=O)Nc3ccc(C)cc3)n2)cc(OC)c1OC. The van der Waals surface area contributed by atoms with Crippen LogP contribution in [0.3, 0.4) is 0 Å². The van der Waals surface area contributed by atoms with Gasteiger partial charge in [0.1, 0.15) is 6.54 Å². The smallest absolute Gasteiger partial charge is 0.255 e. The number of ether oxygens (including phenoxy) is 3. The number of nitrogens with zero attached hydrogens (tertiary/aromatic N) is 4. The fourth-order valence-corrected chi connectivity index (χ4v) is 3.58. The molecule has 1 aromatic heterocycles. The van der Waals surface area contributed by atoms with Gasteiger partial charge in [-0.1, -0.05) is 29.8 Å². The first-order valence-corrected chi connectivity index (χ1v) is 11.3. The molecule has 2 N–H and O–H groups in total. The van der Waals surface area contributed by atoms with Crippen LogP contribution in [0.5, 0.6) is 17.2 Å². The first kappa shape index (κ1) is 25.2. The molecule has 2 amide bonds. The number of nitrogens with one attached hydrogen (secondary N) is 2. The van der Waals surface area contributed by atoms with Crippen molar-refractivity contribution >= 4 is 23.2 Å². The Morgan fingerprint density at radius 3 is 2.22 bits per heavy atom. The van der Waals surface area contributed by atoms with Crippen molar-refractivity contribution in [3.05, 3.63) is 71.8 Å². The van der Waals surface area contributed by atoms with E-state index in [1.165, 1.54) is 26.1 Å². The third-order valence-corrected chi connectivity index (χ3v) is 5.42. The van der Waals surface area contributed by atoms with Crippen molar-refractivity contribution in [1.29, 1.82) is 0 Å². The molecule has 0 unspecified atom stereocenters. The highest BCUT2D eigenvalue weighted by atomic mass is 16.5. The maximum absolute atomic E-state index is 13.1. The molecule has 11 nitrogen and oxygen atoms in total. The number of rotatable bonds is 9. The van der Waals surface area contributed by atoms with E-state index in [4.69, 9.17) is 14.2 Å². The normalized spacial score (nSPS) is 10.5. The Bertz CT molecular complexity index is 1390. The Morgan fingerprint density at radius 1 is 0.892 bits per heavy atom. The van der Waals surface area contributed by atoms with Crippen LogP contribution in [0, 0.1) is 6.92 Å². The predicted molar refractivity (Wildman–Crippen MR) is 137 cm³/mol. The highest BCUT2D eigenvalue weighted by Crippen LogP contribution is 2.38. The number of methoxy groups -OCH3 is 3. The van der Waals surface area contributed by atoms with Crippen LogP contribution in [0.4, 0.5) is 11.4 Å². The average Bonchev–Trinajstić information content (AvgIpc) is 3.37. The van der Waals surface area contributed by atoms with Gasteiger partial charge in [0.15, 0.2) is 11.5 Å². The Labute approximate surface area is 213 Å². The summed E-state index contributed by atoms with van der Waals surface area (Å²) < 4.78 is 16.0. The van der Waals surface area contributed by atoms with E-state index in [0.29, 0.717) is 39.8 Å². The summed E-state index contributed by atoms with van der Waals surface area (Å²) in [6.45, 7) is 1.85. The molecule has 0 saturated heterocycles. The van der Waals surface area contributed by atoms with Gasteiger partial charge in [0.2, 0.25) is 17.5 Å². The van der Waals surface area contributed by atoms with Crippen LogP contribution in [0.1, 0.15) is 15.9 Å². The van der Waals surface area contributed by atoms with Crippen LogP contribution < -0.4 is 24.8 Å². The molecule has 11 heteroatoms. The highest BCUT2D eigenvalue weighted by molar-refractivity contribution is 6.06. The Morgan fingerprint density at radius 2 is 1.57 bits per heavy atom. The van der Waals surface area contributed by atoms with Crippen molar-refractivity contribution in [1.82, 2.24) is 20.2 Å². The standard InChI is InChI=1S/C26H26N6O5/c1-16-9-11-18(12-10-16)27-23(33)15-32-30-25(29-31-32)19-7-5-6-8-20(19)28-26(34)17-13-21(35-2)24(37-4)22(14-17)36-3/h5-14H,15H2,1-4H3,(H,27,33)(H,28,34). The minimum Gasteiger partial charge on any atom is -0.493 e. The van der Waals surface area contributed by atoms with Gasteiger partial charge in [-0.3, -0.25) is 9.59 Å². The van der Waals surface area contributed by atoms with Gasteiger partial charge in [-0.25, -0.2) is 0 Å². The first-order valence-electron chi connectivity index (χ1n) is 11.3. The molecule has 190 valence electrons. The number of aryl methyl sites for hydroxylation is 1. The van der Waals surface area contributed by atoms with Crippen molar-refractivity contribution in [3.8, 4) is 28.6 Å². The maximum atomic E-state index is 13.1. The number of carbonyl (C=O) groups excluding carboxylic acids is 2. The minimum absolute atomic E-state index is 0.124. The lowest BCUT2D eigenvalue weighted by atomic mass is 10.1. The van der Waals surface area contributed by atoms with Gasteiger partial charge in [0, 0.05) is 16.8 Å². The summed E-state index contributed by atoms with van der Waals surface area (Å²) >= 11 is 0. The largest absolute Gasteiger partial charge is 0.493 e. The summed E-state index contributed by atoms with van der Waals surface area (Å²) in [6.07, 6.45) is 0. The Hall–Kier alpha value is -4.93. The van der Waals surface area contributed by atoms with Crippen LogP contribution in [0.25, 0.3) is 11.4 Å². The van der Waals surface area contributed by atoms with Crippen LogP contribution in [0.2, 0.25) is 0 Å². The van der Waals surface area contributed by atoms with Gasteiger partial charge in [-0.2, -0.15) is 4.80 Å². The number of aromatic nitrogens is 4. The Kier molecular flexibility index (Phi) is 7.62. The number of hydrogen-bond acceptors (Lipinski definition) is 8. The molecule has 37 heavy (non-hydrogen) atoms. The molecular weight excluding hydrogens is 476 g/mol. The third-order valence-electron chi connectivity index (χ3n) is 5.42. The van der Waals surface area contributed by atoms with E-state index >= 15 is 0 Å². The summed E-state index contributed by atoms with van der Waals surface area (Å²) in [5.74, 6) is 0.647. The molecular formula is C26H26N6O5. The van der Waals surface area contributed by atoms with Crippen molar-refractivity contribution in [3.63, 3.8) is 0 Å². The van der Waals surface area contributed by atoms with E-state index < -0.39 is 5.91 Å². The maximum Gasteiger partial charge on any atom is 0.255 e. The monoisotopic (exact) mass is 502 g/mol. The van der Waals surface area contributed by atoms with E-state index in [-0.39, 0.29) is 18.3 Å². The number of tetrazole rings is 1. The molecule has 3 aromatic carbocycles. The number of anilines is 2. The summed E-state index contributed by atoms with van der Waals surface area (Å²) in [6, 6.07) is 17.6. The van der Waals surface area contributed by atoms with Crippen molar-refractivity contribution in [2.75, 3.05) is 32.0 Å². The van der Waals surface area contributed by atoms with Gasteiger partial charge in [-0.05, 0) is 48.5 Å². The van der Waals surface area contributed by atoms with Gasteiger partial charge < -0.3 is 24.8 Å². The summed E-state index contributed by atoms with van der Waals surface area (Å²) in [5.41, 5.74) is 3.07. The molecule has 0 fully saturated rings.